The van der Waals surface area contributed by atoms with E-state index in [2.05, 4.69) is 28.2 Å². The van der Waals surface area contributed by atoms with Crippen LogP contribution in [0, 0.1) is 0 Å². The molecule has 0 aliphatic heterocycles. The highest BCUT2D eigenvalue weighted by molar-refractivity contribution is 9.10. The van der Waals surface area contributed by atoms with Crippen LogP contribution in [0.4, 0.5) is 0 Å². The Labute approximate surface area is 110 Å². The number of halogens is 2. The van der Waals surface area contributed by atoms with Gasteiger partial charge in [-0.25, -0.2) is 0 Å². The second kappa shape index (κ2) is 7.28. The molecule has 0 saturated heterocycles. The normalized spacial score (nSPS) is 12.8. The number of benzene rings is 1. The third-order valence-corrected chi connectivity index (χ3v) is 3.28. The monoisotopic (exact) mass is 305 g/mol. The van der Waals surface area contributed by atoms with E-state index in [1.165, 1.54) is 0 Å². The van der Waals surface area contributed by atoms with E-state index in [0.717, 1.165) is 34.4 Å². The molecular formula is C12H17BrClNO. The number of aliphatic hydroxyl groups is 1. The molecule has 1 atom stereocenters. The Morgan fingerprint density at radius 1 is 1.44 bits per heavy atom. The van der Waals surface area contributed by atoms with Gasteiger partial charge >= 0.3 is 0 Å². The summed E-state index contributed by atoms with van der Waals surface area (Å²) in [4.78, 5) is 0. The van der Waals surface area contributed by atoms with Gasteiger partial charge in [0, 0.05) is 22.1 Å². The second-order valence-corrected chi connectivity index (χ2v) is 5.10. The molecule has 1 aromatic rings. The summed E-state index contributed by atoms with van der Waals surface area (Å²) in [7, 11) is 0. The van der Waals surface area contributed by atoms with Crippen LogP contribution in [0.25, 0.3) is 0 Å². The third-order valence-electron chi connectivity index (χ3n) is 2.46. The summed E-state index contributed by atoms with van der Waals surface area (Å²) < 4.78 is 0.994. The van der Waals surface area contributed by atoms with Gasteiger partial charge in [-0.15, -0.1) is 0 Å². The summed E-state index contributed by atoms with van der Waals surface area (Å²) in [6.07, 6.45) is 1.82. The maximum Gasteiger partial charge on any atom is 0.0464 e. The van der Waals surface area contributed by atoms with Crippen molar-refractivity contribution >= 4 is 27.5 Å². The van der Waals surface area contributed by atoms with Gasteiger partial charge in [0.05, 0.1) is 0 Å². The Hall–Kier alpha value is -0.0900. The lowest BCUT2D eigenvalue weighted by atomic mass is 10.1. The predicted octanol–water partition coefficient (Wildman–Crippen LogP) is 3.53. The molecule has 0 bridgehead atoms. The Morgan fingerprint density at radius 3 is 2.81 bits per heavy atom. The molecule has 2 N–H and O–H groups in total. The van der Waals surface area contributed by atoms with Gasteiger partial charge in [0.2, 0.25) is 0 Å². The number of aliphatic hydroxyl groups excluding tert-OH is 1. The van der Waals surface area contributed by atoms with Gasteiger partial charge in [0.15, 0.2) is 0 Å². The van der Waals surface area contributed by atoms with Crippen molar-refractivity contribution in [3.8, 4) is 0 Å². The van der Waals surface area contributed by atoms with Crippen LogP contribution in [0.2, 0.25) is 5.02 Å². The smallest absolute Gasteiger partial charge is 0.0464 e. The molecule has 0 aliphatic rings. The third kappa shape index (κ3) is 4.42. The van der Waals surface area contributed by atoms with Crippen LogP contribution < -0.4 is 5.32 Å². The van der Waals surface area contributed by atoms with Gasteiger partial charge in [-0.2, -0.15) is 0 Å². The van der Waals surface area contributed by atoms with Crippen molar-refractivity contribution in [2.75, 3.05) is 13.2 Å². The quantitative estimate of drug-likeness (QED) is 0.788. The molecule has 0 aromatic heterocycles. The second-order valence-electron chi connectivity index (χ2n) is 3.77. The highest BCUT2D eigenvalue weighted by Crippen LogP contribution is 2.26. The highest BCUT2D eigenvalue weighted by Gasteiger charge is 2.08. The summed E-state index contributed by atoms with van der Waals surface area (Å²) in [6.45, 7) is 3.25. The van der Waals surface area contributed by atoms with E-state index < -0.39 is 0 Å². The van der Waals surface area contributed by atoms with Crippen LogP contribution >= 0.6 is 27.5 Å². The van der Waals surface area contributed by atoms with E-state index in [1.54, 1.807) is 0 Å². The van der Waals surface area contributed by atoms with Crippen molar-refractivity contribution in [1.82, 2.24) is 5.32 Å². The number of hydrogen-bond acceptors (Lipinski definition) is 2. The lowest BCUT2D eigenvalue weighted by Gasteiger charge is -2.15. The zero-order valence-corrected chi connectivity index (χ0v) is 11.7. The van der Waals surface area contributed by atoms with Gasteiger partial charge in [0.1, 0.15) is 0 Å². The van der Waals surface area contributed by atoms with Crippen molar-refractivity contribution in [2.45, 2.75) is 25.8 Å². The van der Waals surface area contributed by atoms with Crippen LogP contribution in [-0.2, 0) is 0 Å². The first-order valence-electron chi connectivity index (χ1n) is 5.44. The predicted molar refractivity (Wildman–Crippen MR) is 71.9 cm³/mol. The van der Waals surface area contributed by atoms with Crippen molar-refractivity contribution in [3.05, 3.63) is 33.3 Å². The zero-order chi connectivity index (χ0) is 12.0. The van der Waals surface area contributed by atoms with Crippen LogP contribution in [0.3, 0.4) is 0 Å². The van der Waals surface area contributed by atoms with Crippen molar-refractivity contribution in [2.24, 2.45) is 0 Å². The Morgan fingerprint density at radius 2 is 2.19 bits per heavy atom. The molecule has 16 heavy (non-hydrogen) atoms. The first-order valence-corrected chi connectivity index (χ1v) is 6.61. The Balaban J connectivity index is 2.49. The van der Waals surface area contributed by atoms with E-state index in [-0.39, 0.29) is 12.6 Å². The van der Waals surface area contributed by atoms with Crippen LogP contribution in [0.1, 0.15) is 31.4 Å². The average molecular weight is 307 g/mol. The fourth-order valence-electron chi connectivity index (χ4n) is 1.52. The van der Waals surface area contributed by atoms with Gasteiger partial charge < -0.3 is 10.4 Å². The maximum absolute atomic E-state index is 8.67. The maximum atomic E-state index is 8.67. The van der Waals surface area contributed by atoms with Crippen LogP contribution in [0.5, 0.6) is 0 Å². The Kier molecular flexibility index (Phi) is 6.36. The largest absolute Gasteiger partial charge is 0.396 e. The van der Waals surface area contributed by atoms with E-state index in [1.807, 2.05) is 18.2 Å². The first-order chi connectivity index (χ1) is 7.65. The fourth-order valence-corrected chi connectivity index (χ4v) is 2.36. The summed E-state index contributed by atoms with van der Waals surface area (Å²) in [6, 6.07) is 6.16. The molecule has 0 fully saturated rings. The number of rotatable bonds is 6. The van der Waals surface area contributed by atoms with Gasteiger partial charge in [-0.3, -0.25) is 0 Å². The minimum atomic E-state index is 0.235. The van der Waals surface area contributed by atoms with Crippen molar-refractivity contribution < 1.29 is 5.11 Å². The van der Waals surface area contributed by atoms with Crippen molar-refractivity contribution in [1.29, 1.82) is 0 Å². The topological polar surface area (TPSA) is 32.3 Å². The van der Waals surface area contributed by atoms with Gasteiger partial charge in [0.25, 0.3) is 0 Å². The van der Waals surface area contributed by atoms with Crippen LogP contribution in [0.15, 0.2) is 22.7 Å². The molecule has 1 aromatic carbocycles. The lowest BCUT2D eigenvalue weighted by molar-refractivity contribution is 0.283. The Bertz CT molecular complexity index is 333. The first kappa shape index (κ1) is 14.0. The van der Waals surface area contributed by atoms with E-state index in [0.29, 0.717) is 0 Å². The number of unbranched alkanes of at least 4 members (excludes halogenated alkanes) is 1. The molecule has 0 heterocycles. The minimum absolute atomic E-state index is 0.235. The van der Waals surface area contributed by atoms with Gasteiger partial charge in [-0.1, -0.05) is 33.6 Å². The van der Waals surface area contributed by atoms with Crippen molar-refractivity contribution in [3.63, 3.8) is 0 Å². The average Bonchev–Trinajstić information content (AvgIpc) is 2.24. The van der Waals surface area contributed by atoms with E-state index >= 15 is 0 Å². The molecular weight excluding hydrogens is 289 g/mol. The van der Waals surface area contributed by atoms with E-state index in [9.17, 15) is 0 Å². The van der Waals surface area contributed by atoms with E-state index in [4.69, 9.17) is 16.7 Å². The standard InChI is InChI=1S/C12H17BrClNO/c1-9(15-6-2-3-7-16)11-5-4-10(13)8-12(11)14/h4-5,8-9,15-16H,2-3,6-7H2,1H3. The molecule has 0 saturated carbocycles. The molecule has 90 valence electrons. The molecule has 0 radical (unpaired) electrons. The summed E-state index contributed by atoms with van der Waals surface area (Å²) >= 11 is 9.54. The number of nitrogens with one attached hydrogen (secondary N) is 1. The molecule has 0 aliphatic carbocycles. The summed E-state index contributed by atoms with van der Waals surface area (Å²) in [5.41, 5.74) is 1.11. The molecule has 1 unspecified atom stereocenters. The molecule has 4 heteroatoms. The SMILES string of the molecule is CC(NCCCCO)c1ccc(Br)cc1Cl. The molecule has 1 rings (SSSR count). The zero-order valence-electron chi connectivity index (χ0n) is 9.34. The molecule has 2 nitrogen and oxygen atoms in total. The molecule has 0 amide bonds. The van der Waals surface area contributed by atoms with Gasteiger partial charge in [-0.05, 0) is 44.0 Å². The summed E-state index contributed by atoms with van der Waals surface area (Å²) in [5, 5.41) is 12.8. The highest BCUT2D eigenvalue weighted by atomic mass is 79.9. The number of hydrogen-bond donors (Lipinski definition) is 2. The lowest BCUT2D eigenvalue weighted by Crippen LogP contribution is -2.20. The summed E-state index contributed by atoms with van der Waals surface area (Å²) in [5.74, 6) is 0. The van der Waals surface area contributed by atoms with Crippen LogP contribution in [-0.4, -0.2) is 18.3 Å². The fraction of sp³-hybridized carbons (Fsp3) is 0.500. The minimum Gasteiger partial charge on any atom is -0.396 e. The molecule has 0 spiro atoms.